The van der Waals surface area contributed by atoms with E-state index in [4.69, 9.17) is 0 Å². The van der Waals surface area contributed by atoms with Crippen molar-refractivity contribution >= 4 is 33.3 Å². The van der Waals surface area contributed by atoms with Crippen molar-refractivity contribution in [1.29, 1.82) is 0 Å². The van der Waals surface area contributed by atoms with E-state index in [-0.39, 0.29) is 5.91 Å². The maximum Gasteiger partial charge on any atom is 0.255 e. The minimum Gasteiger partial charge on any atom is -0.370 e. The lowest BCUT2D eigenvalue weighted by atomic mass is 10.1. The number of nitrogens with one attached hydrogen (secondary N) is 2. The summed E-state index contributed by atoms with van der Waals surface area (Å²) in [5.74, 6) is 0.584. The second-order valence-corrected chi connectivity index (χ2v) is 5.74. The molecule has 2 N–H and O–H groups in total. The van der Waals surface area contributed by atoms with Crippen LogP contribution in [0, 0.1) is 13.8 Å². The van der Waals surface area contributed by atoms with Gasteiger partial charge in [-0.15, -0.1) is 0 Å². The maximum absolute atomic E-state index is 12.4. The highest BCUT2D eigenvalue weighted by atomic mass is 79.9. The number of carbonyl (C=O) groups excluding carboxylic acids is 1. The standard InChI is InChI=1S/C16H18BrN3O/c1-4-18-15-9-12(8-11(3)19-15)16(21)20-14-6-5-13(17)7-10(14)2/h5-9H,4H2,1-3H3,(H,18,19)(H,20,21). The number of benzene rings is 1. The highest BCUT2D eigenvalue weighted by molar-refractivity contribution is 9.10. The zero-order valence-electron chi connectivity index (χ0n) is 12.3. The fourth-order valence-electron chi connectivity index (χ4n) is 2.03. The van der Waals surface area contributed by atoms with Gasteiger partial charge in [-0.3, -0.25) is 4.79 Å². The molecule has 1 heterocycles. The van der Waals surface area contributed by atoms with Crippen LogP contribution in [0.3, 0.4) is 0 Å². The number of nitrogens with zero attached hydrogens (tertiary/aromatic N) is 1. The van der Waals surface area contributed by atoms with Gasteiger partial charge in [0.2, 0.25) is 0 Å². The van der Waals surface area contributed by atoms with E-state index < -0.39 is 0 Å². The van der Waals surface area contributed by atoms with Crippen molar-refractivity contribution < 1.29 is 4.79 Å². The molecule has 1 aromatic heterocycles. The number of halogens is 1. The van der Waals surface area contributed by atoms with E-state index in [1.807, 2.05) is 39.0 Å². The van der Waals surface area contributed by atoms with Crippen molar-refractivity contribution in [2.45, 2.75) is 20.8 Å². The second-order valence-electron chi connectivity index (χ2n) is 4.83. The van der Waals surface area contributed by atoms with Gasteiger partial charge in [-0.2, -0.15) is 0 Å². The van der Waals surface area contributed by atoms with Gasteiger partial charge in [0, 0.05) is 28.0 Å². The van der Waals surface area contributed by atoms with Gasteiger partial charge < -0.3 is 10.6 Å². The van der Waals surface area contributed by atoms with Gasteiger partial charge in [0.05, 0.1) is 0 Å². The largest absolute Gasteiger partial charge is 0.370 e. The average molecular weight is 348 g/mol. The van der Waals surface area contributed by atoms with Crippen molar-refractivity contribution in [3.8, 4) is 0 Å². The molecule has 0 saturated heterocycles. The topological polar surface area (TPSA) is 54.0 Å². The van der Waals surface area contributed by atoms with Crippen molar-refractivity contribution in [1.82, 2.24) is 4.98 Å². The van der Waals surface area contributed by atoms with E-state index in [0.717, 1.165) is 33.8 Å². The highest BCUT2D eigenvalue weighted by Crippen LogP contribution is 2.21. The Morgan fingerprint density at radius 1 is 1.24 bits per heavy atom. The van der Waals surface area contributed by atoms with E-state index in [9.17, 15) is 4.79 Å². The molecule has 0 unspecified atom stereocenters. The number of pyridine rings is 1. The Kier molecular flexibility index (Phi) is 4.96. The molecule has 0 radical (unpaired) electrons. The monoisotopic (exact) mass is 347 g/mol. The predicted molar refractivity (Wildman–Crippen MR) is 90.0 cm³/mol. The number of aromatic nitrogens is 1. The summed E-state index contributed by atoms with van der Waals surface area (Å²) in [6, 6.07) is 9.31. The molecule has 4 nitrogen and oxygen atoms in total. The summed E-state index contributed by atoms with van der Waals surface area (Å²) in [6.07, 6.45) is 0. The average Bonchev–Trinajstić information content (AvgIpc) is 2.41. The SMILES string of the molecule is CCNc1cc(C(=O)Nc2ccc(Br)cc2C)cc(C)n1. The van der Waals surface area contributed by atoms with Gasteiger partial charge in [-0.05, 0) is 56.7 Å². The van der Waals surface area contributed by atoms with E-state index >= 15 is 0 Å². The van der Waals surface area contributed by atoms with Crippen LogP contribution in [0.4, 0.5) is 11.5 Å². The molecule has 5 heteroatoms. The van der Waals surface area contributed by atoms with Crippen molar-refractivity contribution in [3.63, 3.8) is 0 Å². The second kappa shape index (κ2) is 6.72. The van der Waals surface area contributed by atoms with Gasteiger partial charge in [0.25, 0.3) is 5.91 Å². The Morgan fingerprint density at radius 2 is 2.00 bits per heavy atom. The first-order valence-corrected chi connectivity index (χ1v) is 7.59. The molecular formula is C16H18BrN3O. The molecule has 0 atom stereocenters. The molecule has 21 heavy (non-hydrogen) atoms. The third kappa shape index (κ3) is 4.04. The van der Waals surface area contributed by atoms with Crippen LogP contribution in [0.5, 0.6) is 0 Å². The Bertz CT molecular complexity index is 671. The molecule has 1 aromatic carbocycles. The zero-order valence-corrected chi connectivity index (χ0v) is 13.9. The molecule has 0 saturated carbocycles. The minimum absolute atomic E-state index is 0.134. The van der Waals surface area contributed by atoms with Crippen molar-refractivity contribution in [2.24, 2.45) is 0 Å². The third-order valence-electron chi connectivity index (χ3n) is 3.01. The van der Waals surface area contributed by atoms with Gasteiger partial charge in [0.15, 0.2) is 0 Å². The lowest BCUT2D eigenvalue weighted by Gasteiger charge is -2.11. The van der Waals surface area contributed by atoms with E-state index in [1.165, 1.54) is 0 Å². The Morgan fingerprint density at radius 3 is 2.67 bits per heavy atom. The highest BCUT2D eigenvalue weighted by Gasteiger charge is 2.10. The first kappa shape index (κ1) is 15.5. The summed E-state index contributed by atoms with van der Waals surface area (Å²) in [7, 11) is 0. The van der Waals surface area contributed by atoms with E-state index in [2.05, 4.69) is 31.5 Å². The minimum atomic E-state index is -0.134. The zero-order chi connectivity index (χ0) is 15.4. The Labute approximate surface area is 133 Å². The van der Waals surface area contributed by atoms with E-state index in [1.54, 1.807) is 12.1 Å². The van der Waals surface area contributed by atoms with Gasteiger partial charge in [0.1, 0.15) is 5.82 Å². The lowest BCUT2D eigenvalue weighted by molar-refractivity contribution is 0.102. The fraction of sp³-hybridized carbons (Fsp3) is 0.250. The summed E-state index contributed by atoms with van der Waals surface area (Å²) in [6.45, 7) is 6.60. The number of hydrogen-bond acceptors (Lipinski definition) is 3. The van der Waals surface area contributed by atoms with Crippen LogP contribution in [0.25, 0.3) is 0 Å². The van der Waals surface area contributed by atoms with Crippen LogP contribution < -0.4 is 10.6 Å². The van der Waals surface area contributed by atoms with Crippen LogP contribution in [-0.2, 0) is 0 Å². The molecule has 1 amide bonds. The smallest absolute Gasteiger partial charge is 0.255 e. The summed E-state index contributed by atoms with van der Waals surface area (Å²) in [5.41, 5.74) is 3.23. The molecular weight excluding hydrogens is 330 g/mol. The molecule has 0 aliphatic heterocycles. The Balaban J connectivity index is 2.23. The molecule has 0 spiro atoms. The third-order valence-corrected chi connectivity index (χ3v) is 3.50. The first-order chi connectivity index (χ1) is 9.99. The lowest BCUT2D eigenvalue weighted by Crippen LogP contribution is -2.14. The normalized spacial score (nSPS) is 10.3. The maximum atomic E-state index is 12.4. The van der Waals surface area contributed by atoms with Crippen LogP contribution in [0.1, 0.15) is 28.5 Å². The Hall–Kier alpha value is -1.88. The van der Waals surface area contributed by atoms with Gasteiger partial charge in [-0.1, -0.05) is 15.9 Å². The molecule has 0 bridgehead atoms. The first-order valence-electron chi connectivity index (χ1n) is 6.79. The van der Waals surface area contributed by atoms with Crippen LogP contribution >= 0.6 is 15.9 Å². The molecule has 0 aliphatic carbocycles. The molecule has 2 rings (SSSR count). The van der Waals surface area contributed by atoms with Gasteiger partial charge in [-0.25, -0.2) is 4.98 Å². The summed E-state index contributed by atoms with van der Waals surface area (Å²) < 4.78 is 0.993. The van der Waals surface area contributed by atoms with Gasteiger partial charge >= 0.3 is 0 Å². The van der Waals surface area contributed by atoms with Crippen LogP contribution in [0.2, 0.25) is 0 Å². The summed E-state index contributed by atoms with van der Waals surface area (Å²) in [5, 5.41) is 6.06. The molecule has 2 aromatic rings. The number of hydrogen-bond donors (Lipinski definition) is 2. The summed E-state index contributed by atoms with van der Waals surface area (Å²) >= 11 is 3.41. The predicted octanol–water partition coefficient (Wildman–Crippen LogP) is 4.15. The fourth-order valence-corrected chi connectivity index (χ4v) is 2.51. The van der Waals surface area contributed by atoms with Crippen LogP contribution in [0.15, 0.2) is 34.8 Å². The molecule has 0 aliphatic rings. The number of rotatable bonds is 4. The number of amides is 1. The van der Waals surface area contributed by atoms with E-state index in [0.29, 0.717) is 5.56 Å². The number of carbonyl (C=O) groups is 1. The number of anilines is 2. The van der Waals surface area contributed by atoms with Crippen LogP contribution in [-0.4, -0.2) is 17.4 Å². The quantitative estimate of drug-likeness (QED) is 0.873. The van der Waals surface area contributed by atoms with Crippen molar-refractivity contribution in [3.05, 3.63) is 51.6 Å². The molecule has 110 valence electrons. The summed E-state index contributed by atoms with van der Waals surface area (Å²) in [4.78, 5) is 16.7. The number of aryl methyl sites for hydroxylation is 2. The molecule has 0 fully saturated rings. The van der Waals surface area contributed by atoms with Crippen molar-refractivity contribution in [2.75, 3.05) is 17.2 Å².